The number of rotatable bonds is 7. The van der Waals surface area contributed by atoms with Crippen molar-refractivity contribution in [3.8, 4) is 0 Å². The topological polar surface area (TPSA) is 107 Å². The lowest BCUT2D eigenvalue weighted by Crippen LogP contribution is -2.39. The highest BCUT2D eigenvalue weighted by Crippen LogP contribution is 2.17. The number of aryl methyl sites for hydroxylation is 1. The van der Waals surface area contributed by atoms with E-state index in [1.54, 1.807) is 0 Å². The van der Waals surface area contributed by atoms with E-state index in [1.807, 2.05) is 13.8 Å². The molecule has 1 amide bonds. The Morgan fingerprint density at radius 2 is 2.05 bits per heavy atom. The highest BCUT2D eigenvalue weighted by Gasteiger charge is 2.18. The van der Waals surface area contributed by atoms with E-state index in [2.05, 4.69) is 20.3 Å². The number of nitrogens with two attached hydrogens (primary N) is 1. The normalized spacial score (nSPS) is 11.7. The van der Waals surface area contributed by atoms with Crippen molar-refractivity contribution in [1.29, 1.82) is 0 Å². The van der Waals surface area contributed by atoms with Gasteiger partial charge >= 0.3 is 5.97 Å². The van der Waals surface area contributed by atoms with Crippen molar-refractivity contribution in [2.24, 2.45) is 11.7 Å². The van der Waals surface area contributed by atoms with Crippen LogP contribution < -0.4 is 11.1 Å². The number of nitrogens with zero attached hydrogens (tertiary/aromatic N) is 2. The zero-order chi connectivity index (χ0) is 15.1. The highest BCUT2D eigenvalue weighted by molar-refractivity contribution is 7.15. The molecule has 0 aliphatic rings. The van der Waals surface area contributed by atoms with E-state index >= 15 is 0 Å². The fourth-order valence-electron chi connectivity index (χ4n) is 1.38. The Kier molecular flexibility index (Phi) is 9.07. The van der Waals surface area contributed by atoms with Gasteiger partial charge in [0.25, 0.3) is 0 Å². The van der Waals surface area contributed by atoms with E-state index in [0.717, 1.165) is 5.01 Å². The number of amides is 1. The molecule has 0 fully saturated rings. The molecule has 1 atom stereocenters. The van der Waals surface area contributed by atoms with Gasteiger partial charge in [-0.15, -0.1) is 22.6 Å². The van der Waals surface area contributed by atoms with E-state index < -0.39 is 6.04 Å². The summed E-state index contributed by atoms with van der Waals surface area (Å²) >= 11 is 1.29. The van der Waals surface area contributed by atoms with Crippen LogP contribution in [0.4, 0.5) is 5.13 Å². The second-order valence-corrected chi connectivity index (χ2v) is 5.75. The van der Waals surface area contributed by atoms with Crippen molar-refractivity contribution in [1.82, 2.24) is 10.2 Å². The minimum atomic E-state index is -0.568. The van der Waals surface area contributed by atoms with Crippen LogP contribution in [0, 0.1) is 5.92 Å². The second kappa shape index (κ2) is 9.64. The lowest BCUT2D eigenvalue weighted by molar-refractivity contribution is -0.140. The Bertz CT molecular complexity index is 467. The first-order chi connectivity index (χ1) is 9.43. The Labute approximate surface area is 134 Å². The number of aromatic nitrogens is 2. The van der Waals surface area contributed by atoms with Crippen LogP contribution in [0.5, 0.6) is 0 Å². The predicted molar refractivity (Wildman–Crippen MR) is 83.6 cm³/mol. The van der Waals surface area contributed by atoms with E-state index in [9.17, 15) is 9.59 Å². The van der Waals surface area contributed by atoms with Crippen molar-refractivity contribution >= 4 is 40.8 Å². The summed E-state index contributed by atoms with van der Waals surface area (Å²) < 4.78 is 4.55. The van der Waals surface area contributed by atoms with E-state index in [-0.39, 0.29) is 30.2 Å². The van der Waals surface area contributed by atoms with Crippen LogP contribution in [-0.4, -0.2) is 35.2 Å². The third-order valence-corrected chi connectivity index (χ3v) is 3.62. The molecule has 0 bridgehead atoms. The summed E-state index contributed by atoms with van der Waals surface area (Å²) in [5.74, 6) is -0.453. The molecule has 0 aliphatic carbocycles. The molecular formula is C12H21ClN4O3S. The Morgan fingerprint density at radius 1 is 1.38 bits per heavy atom. The fraction of sp³-hybridized carbons (Fsp3) is 0.667. The highest BCUT2D eigenvalue weighted by atomic mass is 35.5. The van der Waals surface area contributed by atoms with Gasteiger partial charge in [-0.3, -0.25) is 14.9 Å². The number of ether oxygens (including phenoxy) is 1. The third kappa shape index (κ3) is 6.83. The van der Waals surface area contributed by atoms with Gasteiger partial charge in [-0.2, -0.15) is 0 Å². The van der Waals surface area contributed by atoms with Crippen LogP contribution in [0.2, 0.25) is 0 Å². The maximum absolute atomic E-state index is 11.7. The van der Waals surface area contributed by atoms with Crippen LogP contribution in [0.1, 0.15) is 31.7 Å². The molecular weight excluding hydrogens is 316 g/mol. The van der Waals surface area contributed by atoms with Gasteiger partial charge in [-0.05, 0) is 12.3 Å². The first kappa shape index (κ1) is 19.8. The molecule has 0 unspecified atom stereocenters. The second-order valence-electron chi connectivity index (χ2n) is 4.69. The van der Waals surface area contributed by atoms with Gasteiger partial charge in [0.1, 0.15) is 5.01 Å². The number of carbonyl (C=O) groups is 2. The van der Waals surface area contributed by atoms with Gasteiger partial charge in [0, 0.05) is 12.8 Å². The van der Waals surface area contributed by atoms with Gasteiger partial charge in [0.2, 0.25) is 11.0 Å². The Balaban J connectivity index is 0.00000400. The van der Waals surface area contributed by atoms with Crippen molar-refractivity contribution in [3.05, 3.63) is 5.01 Å². The standard InChI is InChI=1S/C12H20N4O3S.ClH/c1-7(2)10(13)11(18)14-12-16-15-8(20-12)5-4-6-9(17)19-3;/h7,10H,4-6,13H2,1-3H3,(H,14,16,18);1H/t10-;/m0./s1. The average Bonchev–Trinajstić information content (AvgIpc) is 2.84. The molecule has 9 heteroatoms. The number of carbonyl (C=O) groups excluding carboxylic acids is 2. The molecule has 0 saturated heterocycles. The minimum Gasteiger partial charge on any atom is -0.469 e. The molecule has 0 aromatic carbocycles. The summed E-state index contributed by atoms with van der Waals surface area (Å²) in [6, 6.07) is -0.568. The first-order valence-electron chi connectivity index (χ1n) is 6.39. The molecule has 120 valence electrons. The van der Waals surface area contributed by atoms with Crippen molar-refractivity contribution in [2.45, 2.75) is 39.2 Å². The molecule has 0 radical (unpaired) electrons. The number of hydrogen-bond acceptors (Lipinski definition) is 7. The van der Waals surface area contributed by atoms with Crippen LogP contribution in [-0.2, 0) is 20.7 Å². The maximum Gasteiger partial charge on any atom is 0.305 e. The molecule has 1 aromatic heterocycles. The quantitative estimate of drug-likeness (QED) is 0.728. The predicted octanol–water partition coefficient (Wildman–Crippen LogP) is 1.38. The van der Waals surface area contributed by atoms with E-state index in [1.165, 1.54) is 18.4 Å². The van der Waals surface area contributed by atoms with Gasteiger partial charge in [0.05, 0.1) is 13.2 Å². The minimum absolute atomic E-state index is 0. The molecule has 0 saturated carbocycles. The molecule has 1 aromatic rings. The number of hydrogen-bond donors (Lipinski definition) is 2. The van der Waals surface area contributed by atoms with Crippen molar-refractivity contribution in [3.63, 3.8) is 0 Å². The summed E-state index contributed by atoms with van der Waals surface area (Å²) in [6.07, 6.45) is 1.61. The van der Waals surface area contributed by atoms with Crippen molar-refractivity contribution < 1.29 is 14.3 Å². The van der Waals surface area contributed by atoms with Crippen molar-refractivity contribution in [2.75, 3.05) is 12.4 Å². The number of halogens is 1. The van der Waals surface area contributed by atoms with Crippen LogP contribution in [0.3, 0.4) is 0 Å². The first-order valence-corrected chi connectivity index (χ1v) is 7.21. The zero-order valence-electron chi connectivity index (χ0n) is 12.3. The molecule has 21 heavy (non-hydrogen) atoms. The van der Waals surface area contributed by atoms with Crippen LogP contribution in [0.15, 0.2) is 0 Å². The number of nitrogens with one attached hydrogen (secondary N) is 1. The molecule has 0 spiro atoms. The van der Waals surface area contributed by atoms with Crippen LogP contribution in [0.25, 0.3) is 0 Å². The number of esters is 1. The summed E-state index contributed by atoms with van der Waals surface area (Å²) in [7, 11) is 1.36. The SMILES string of the molecule is COC(=O)CCCc1nnc(NC(=O)[C@@H](N)C(C)C)s1.Cl. The lowest BCUT2D eigenvalue weighted by atomic mass is 10.1. The largest absolute Gasteiger partial charge is 0.469 e. The molecule has 1 heterocycles. The summed E-state index contributed by atoms with van der Waals surface area (Å²) in [4.78, 5) is 22.7. The molecule has 7 nitrogen and oxygen atoms in total. The van der Waals surface area contributed by atoms with Gasteiger partial charge < -0.3 is 10.5 Å². The maximum atomic E-state index is 11.7. The molecule has 0 aliphatic heterocycles. The monoisotopic (exact) mass is 336 g/mol. The third-order valence-electron chi connectivity index (χ3n) is 2.72. The molecule has 3 N–H and O–H groups in total. The lowest BCUT2D eigenvalue weighted by Gasteiger charge is -2.13. The van der Waals surface area contributed by atoms with Crippen LogP contribution >= 0.6 is 23.7 Å². The Hall–Kier alpha value is -1.25. The summed E-state index contributed by atoms with van der Waals surface area (Å²) in [6.45, 7) is 3.76. The smallest absolute Gasteiger partial charge is 0.305 e. The fourth-order valence-corrected chi connectivity index (χ4v) is 2.17. The Morgan fingerprint density at radius 3 is 2.62 bits per heavy atom. The van der Waals surface area contributed by atoms with Gasteiger partial charge in [-0.25, -0.2) is 0 Å². The van der Waals surface area contributed by atoms with Gasteiger partial charge in [0.15, 0.2) is 0 Å². The number of methoxy groups -OCH3 is 1. The van der Waals surface area contributed by atoms with E-state index in [4.69, 9.17) is 5.73 Å². The number of anilines is 1. The average molecular weight is 337 g/mol. The summed E-state index contributed by atoms with van der Waals surface area (Å²) in [5.41, 5.74) is 5.74. The summed E-state index contributed by atoms with van der Waals surface area (Å²) in [5, 5.41) is 11.7. The van der Waals surface area contributed by atoms with Gasteiger partial charge in [-0.1, -0.05) is 25.2 Å². The van der Waals surface area contributed by atoms with E-state index in [0.29, 0.717) is 24.4 Å². The zero-order valence-corrected chi connectivity index (χ0v) is 13.9. The molecule has 1 rings (SSSR count).